The molecule has 0 aromatic heterocycles. The number of anilines is 1. The Morgan fingerprint density at radius 2 is 1.81 bits per heavy atom. The highest BCUT2D eigenvalue weighted by Gasteiger charge is 2.63. The van der Waals surface area contributed by atoms with Gasteiger partial charge in [-0.2, -0.15) is 11.8 Å². The summed E-state index contributed by atoms with van der Waals surface area (Å²) in [4.78, 5) is 43.2. The van der Waals surface area contributed by atoms with Gasteiger partial charge in [0.1, 0.15) is 22.8 Å². The van der Waals surface area contributed by atoms with Crippen LogP contribution in [0.3, 0.4) is 0 Å². The first-order valence-corrected chi connectivity index (χ1v) is 15.4. The number of amides is 1. The third-order valence-electron chi connectivity index (χ3n) is 9.35. The third-order valence-corrected chi connectivity index (χ3v) is 10.4. The van der Waals surface area contributed by atoms with Crippen LogP contribution in [0.25, 0.3) is 0 Å². The first-order chi connectivity index (χ1) is 19.8. The Kier molecular flexibility index (Phi) is 8.12. The second-order valence-electron chi connectivity index (χ2n) is 12.3. The molecule has 1 aromatic rings. The molecule has 1 amide bonds. The number of allylic oxidation sites excluding steroid dienone is 1. The molecule has 1 aromatic carbocycles. The number of carbonyl (C=O) groups is 3. The molecule has 1 aliphatic heterocycles. The van der Waals surface area contributed by atoms with Crippen molar-refractivity contribution in [2.45, 2.75) is 43.9 Å². The van der Waals surface area contributed by atoms with Gasteiger partial charge in [0, 0.05) is 43.4 Å². The van der Waals surface area contributed by atoms with Crippen molar-refractivity contribution in [3.63, 3.8) is 0 Å². The Hall–Kier alpha value is -3.06. The predicted octanol–water partition coefficient (Wildman–Crippen LogP) is 1.42. The minimum absolute atomic E-state index is 0.0350. The molecular weight excluding hydrogens is 560 g/mol. The molecule has 4 atom stereocenters. The molecule has 7 N–H and O–H groups in total. The molecule has 0 radical (unpaired) electrons. The predicted molar refractivity (Wildman–Crippen MR) is 160 cm³/mol. The lowest BCUT2D eigenvalue weighted by Crippen LogP contribution is -2.63. The number of rotatable bonds is 7. The molecule has 1 heterocycles. The topological polar surface area (TPSA) is 177 Å². The van der Waals surface area contributed by atoms with Crippen molar-refractivity contribution >= 4 is 34.9 Å². The van der Waals surface area contributed by atoms with E-state index in [2.05, 4.69) is 5.32 Å². The van der Waals surface area contributed by atoms with Crippen LogP contribution in [-0.4, -0.2) is 101 Å². The van der Waals surface area contributed by atoms with Gasteiger partial charge >= 0.3 is 0 Å². The fourth-order valence-corrected chi connectivity index (χ4v) is 8.45. The number of aromatic hydroxyl groups is 1. The number of nitrogens with one attached hydrogen (secondary N) is 1. The van der Waals surface area contributed by atoms with Gasteiger partial charge in [0.05, 0.1) is 11.6 Å². The number of phenolic OH excluding ortho intramolecular Hbond substituents is 1. The van der Waals surface area contributed by atoms with Crippen LogP contribution in [0.1, 0.15) is 40.7 Å². The van der Waals surface area contributed by atoms with E-state index >= 15 is 0 Å². The molecule has 0 saturated carbocycles. The van der Waals surface area contributed by atoms with Crippen molar-refractivity contribution < 1.29 is 34.8 Å². The number of phenols is 1. The molecule has 3 aliphatic carbocycles. The number of benzene rings is 1. The van der Waals surface area contributed by atoms with Gasteiger partial charge in [0.15, 0.2) is 11.4 Å². The summed E-state index contributed by atoms with van der Waals surface area (Å²) in [6, 6.07) is 0.854. The molecule has 5 rings (SSSR count). The van der Waals surface area contributed by atoms with Gasteiger partial charge in [-0.1, -0.05) is 0 Å². The van der Waals surface area contributed by atoms with E-state index in [1.807, 2.05) is 36.8 Å². The van der Waals surface area contributed by atoms with E-state index in [1.165, 1.54) is 0 Å². The van der Waals surface area contributed by atoms with E-state index in [-0.39, 0.29) is 29.7 Å². The van der Waals surface area contributed by atoms with Crippen LogP contribution < -0.4 is 16.0 Å². The molecule has 1 saturated heterocycles. The van der Waals surface area contributed by atoms with E-state index in [1.54, 1.807) is 19.0 Å². The van der Waals surface area contributed by atoms with Crippen molar-refractivity contribution in [2.75, 3.05) is 51.1 Å². The van der Waals surface area contributed by atoms with Gasteiger partial charge in [-0.05, 0) is 81.3 Å². The second-order valence-corrected chi connectivity index (χ2v) is 13.5. The molecule has 228 valence electrons. The van der Waals surface area contributed by atoms with Gasteiger partial charge in [0.25, 0.3) is 5.91 Å². The molecule has 0 bridgehead atoms. The maximum atomic E-state index is 14.1. The summed E-state index contributed by atoms with van der Waals surface area (Å²) in [6.45, 7) is 1.13. The van der Waals surface area contributed by atoms with E-state index in [0.29, 0.717) is 23.6 Å². The Morgan fingerprint density at radius 3 is 2.40 bits per heavy atom. The smallest absolute Gasteiger partial charge is 0.255 e. The maximum absolute atomic E-state index is 14.1. The number of Topliss-reactive ketones (excluding diaryl/α,β-unsaturated/α-hetero) is 2. The minimum Gasteiger partial charge on any atom is -0.510 e. The highest BCUT2D eigenvalue weighted by atomic mass is 32.2. The zero-order valence-electron chi connectivity index (χ0n) is 24.4. The number of aliphatic hydroxyl groups is 3. The SMILES string of the molecule is CN(C)c1cc(CNCC2CCSCC2)c(O)c2c1C[C@H]1C[C@H]3[C@@H](N(C)C)C(O)=C(C(N)=O)C(=O)[C@@]3(O)C(O)=C1C2=O. The summed E-state index contributed by atoms with van der Waals surface area (Å²) in [5.74, 6) is -3.63. The number of nitrogens with two attached hydrogens (primary N) is 1. The molecule has 0 spiro atoms. The van der Waals surface area contributed by atoms with Gasteiger partial charge in [0.2, 0.25) is 5.78 Å². The summed E-state index contributed by atoms with van der Waals surface area (Å²) in [6.07, 6.45) is 2.57. The number of thioether (sulfide) groups is 1. The van der Waals surface area contributed by atoms with E-state index < -0.39 is 58.0 Å². The van der Waals surface area contributed by atoms with Gasteiger partial charge < -0.3 is 36.4 Å². The van der Waals surface area contributed by atoms with Crippen LogP contribution in [-0.2, 0) is 22.6 Å². The lowest BCUT2D eigenvalue weighted by molar-refractivity contribution is -0.148. The van der Waals surface area contributed by atoms with Gasteiger partial charge in [-0.25, -0.2) is 0 Å². The molecule has 0 unspecified atom stereocenters. The number of hydrogen-bond acceptors (Lipinski definition) is 11. The third kappa shape index (κ3) is 4.68. The van der Waals surface area contributed by atoms with Crippen LogP contribution >= 0.6 is 11.8 Å². The number of carbonyl (C=O) groups excluding carboxylic acids is 3. The molecule has 12 heteroatoms. The number of fused-ring (bicyclic) bond motifs is 3. The quantitative estimate of drug-likeness (QED) is 0.250. The van der Waals surface area contributed by atoms with Gasteiger partial charge in [-0.15, -0.1) is 0 Å². The number of likely N-dealkylation sites (N-methyl/N-ethyl adjacent to an activating group) is 1. The maximum Gasteiger partial charge on any atom is 0.255 e. The first kappa shape index (κ1) is 30.4. The Balaban J connectivity index is 1.58. The van der Waals surface area contributed by atoms with Crippen LogP contribution in [0.5, 0.6) is 5.75 Å². The molecule has 1 fully saturated rings. The summed E-state index contributed by atoms with van der Waals surface area (Å²) in [5.41, 5.74) is 3.73. The standard InChI is InChI=1S/C30H40N4O7S/c1-33(2)19-11-16(13-32-12-14-5-7-42-8-6-14)24(35)21-17(19)9-15-10-18-23(34(3)4)26(37)22(29(31)40)28(39)30(18,41)27(38)20(15)25(21)36/h11,14-15,18,23,32,35,37-38,41H,5-10,12-13H2,1-4H3,(H2,31,40)/t15-,18-,23+,30-/m0/s1. The monoisotopic (exact) mass is 600 g/mol. The summed E-state index contributed by atoms with van der Waals surface area (Å²) < 4.78 is 0. The minimum atomic E-state index is -2.65. The number of primary amides is 1. The van der Waals surface area contributed by atoms with Crippen LogP contribution in [0, 0.1) is 17.8 Å². The van der Waals surface area contributed by atoms with Crippen molar-refractivity contribution in [3.8, 4) is 5.75 Å². The molecule has 4 aliphatic rings. The number of nitrogens with zero attached hydrogens (tertiary/aromatic N) is 2. The van der Waals surface area contributed by atoms with Crippen LogP contribution in [0.15, 0.2) is 28.7 Å². The van der Waals surface area contributed by atoms with E-state index in [0.717, 1.165) is 36.6 Å². The largest absolute Gasteiger partial charge is 0.510 e. The number of ketones is 2. The van der Waals surface area contributed by atoms with Crippen molar-refractivity contribution in [2.24, 2.45) is 23.5 Å². The van der Waals surface area contributed by atoms with Crippen molar-refractivity contribution in [3.05, 3.63) is 45.4 Å². The van der Waals surface area contributed by atoms with E-state index in [9.17, 15) is 34.8 Å². The molecule has 42 heavy (non-hydrogen) atoms. The van der Waals surface area contributed by atoms with Crippen molar-refractivity contribution in [1.82, 2.24) is 10.2 Å². The van der Waals surface area contributed by atoms with E-state index in [4.69, 9.17) is 5.73 Å². The average molecular weight is 601 g/mol. The normalized spacial score (nSPS) is 28.1. The number of aliphatic hydroxyl groups excluding tert-OH is 2. The lowest BCUT2D eigenvalue weighted by Gasteiger charge is -2.50. The second kappa shape index (κ2) is 11.2. The Labute approximate surface area is 249 Å². The Morgan fingerprint density at radius 1 is 1.14 bits per heavy atom. The fourth-order valence-electron chi connectivity index (χ4n) is 7.25. The first-order valence-electron chi connectivity index (χ1n) is 14.3. The van der Waals surface area contributed by atoms with Crippen LogP contribution in [0.4, 0.5) is 5.69 Å². The highest BCUT2D eigenvalue weighted by Crippen LogP contribution is 2.53. The van der Waals surface area contributed by atoms with Crippen molar-refractivity contribution in [1.29, 1.82) is 0 Å². The zero-order chi connectivity index (χ0) is 30.7. The van der Waals surface area contributed by atoms with Crippen LogP contribution in [0.2, 0.25) is 0 Å². The number of hydrogen-bond donors (Lipinski definition) is 6. The Bertz CT molecular complexity index is 1400. The average Bonchev–Trinajstić information content (AvgIpc) is 2.92. The van der Waals surface area contributed by atoms with Gasteiger partial charge in [-0.3, -0.25) is 19.3 Å². The lowest BCUT2D eigenvalue weighted by atomic mass is 9.58. The highest BCUT2D eigenvalue weighted by molar-refractivity contribution is 7.99. The molecule has 11 nitrogen and oxygen atoms in total. The summed E-state index contributed by atoms with van der Waals surface area (Å²) >= 11 is 1.96. The summed E-state index contributed by atoms with van der Waals surface area (Å²) in [5, 5.41) is 49.1. The zero-order valence-corrected chi connectivity index (χ0v) is 25.3. The fraction of sp³-hybridized carbons (Fsp3) is 0.567. The summed E-state index contributed by atoms with van der Waals surface area (Å²) in [7, 11) is 6.93. The molecular formula is C30H40N4O7S.